The Balaban J connectivity index is 1.58. The number of benzene rings is 2. The van der Waals surface area contributed by atoms with Gasteiger partial charge in [0.1, 0.15) is 0 Å². The highest BCUT2D eigenvalue weighted by molar-refractivity contribution is 7.99. The van der Waals surface area contributed by atoms with E-state index in [1.165, 1.54) is 0 Å². The maximum Gasteiger partial charge on any atom is 0.309 e. The maximum absolute atomic E-state index is 11.2. The highest BCUT2D eigenvalue weighted by Gasteiger charge is 2.25. The molecule has 0 spiro atoms. The second-order valence-corrected chi connectivity index (χ2v) is 9.41. The zero-order valence-corrected chi connectivity index (χ0v) is 19.1. The number of carboxylic acids is 1. The van der Waals surface area contributed by atoms with Gasteiger partial charge in [0, 0.05) is 23.1 Å². The van der Waals surface area contributed by atoms with Crippen molar-refractivity contribution in [2.75, 3.05) is 5.75 Å². The molecule has 1 heterocycles. The summed E-state index contributed by atoms with van der Waals surface area (Å²) >= 11 is 1.69. The van der Waals surface area contributed by atoms with E-state index in [0.29, 0.717) is 0 Å². The predicted octanol–water partition coefficient (Wildman–Crippen LogP) is 6.96. The second-order valence-electron chi connectivity index (χ2n) is 8.35. The molecular weight excluding hydrogens is 404 g/mol. The van der Waals surface area contributed by atoms with Crippen LogP contribution in [-0.2, 0) is 4.79 Å². The highest BCUT2D eigenvalue weighted by atomic mass is 32.2. The first-order valence-corrected chi connectivity index (χ1v) is 11.8. The van der Waals surface area contributed by atoms with E-state index in [4.69, 9.17) is 4.98 Å². The van der Waals surface area contributed by atoms with Crippen LogP contribution in [0.5, 0.6) is 0 Å². The molecule has 1 N–H and O–H groups in total. The van der Waals surface area contributed by atoms with Gasteiger partial charge in [0.15, 0.2) is 5.16 Å². The number of carboxylic acid groups (broad SMARTS) is 1. The third kappa shape index (κ3) is 6.66. The molecular formula is C26H30N2O2S. The molecule has 5 heteroatoms. The molecule has 0 aliphatic rings. The van der Waals surface area contributed by atoms with Crippen LogP contribution in [0.2, 0.25) is 0 Å². The Kier molecular flexibility index (Phi) is 8.24. The fraction of sp³-hybridized carbons (Fsp3) is 0.346. The SMILES string of the molecule is CC(C)(CCCCCCSc1ncc(-c2ccccc2)c(-c2ccccc2)n1)C(=O)O. The maximum atomic E-state index is 11.2. The van der Waals surface area contributed by atoms with Crippen molar-refractivity contribution in [1.29, 1.82) is 0 Å². The summed E-state index contributed by atoms with van der Waals surface area (Å²) in [6.07, 6.45) is 6.82. The predicted molar refractivity (Wildman–Crippen MR) is 128 cm³/mol. The molecule has 0 saturated carbocycles. The fourth-order valence-corrected chi connectivity index (χ4v) is 4.19. The van der Waals surface area contributed by atoms with Gasteiger partial charge in [-0.25, -0.2) is 9.97 Å². The molecule has 0 aliphatic carbocycles. The minimum Gasteiger partial charge on any atom is -0.481 e. The summed E-state index contributed by atoms with van der Waals surface area (Å²) in [6, 6.07) is 20.5. The number of unbranched alkanes of at least 4 members (excludes halogenated alkanes) is 3. The Bertz CT molecular complexity index is 975. The van der Waals surface area contributed by atoms with Gasteiger partial charge in [0.25, 0.3) is 0 Å². The van der Waals surface area contributed by atoms with E-state index >= 15 is 0 Å². The molecule has 0 unspecified atom stereocenters. The largest absolute Gasteiger partial charge is 0.481 e. The summed E-state index contributed by atoms with van der Waals surface area (Å²) in [5, 5.41) is 9.98. The van der Waals surface area contributed by atoms with Crippen molar-refractivity contribution in [3.05, 3.63) is 66.9 Å². The van der Waals surface area contributed by atoms with Crippen LogP contribution < -0.4 is 0 Å². The van der Waals surface area contributed by atoms with Crippen molar-refractivity contribution in [2.24, 2.45) is 5.41 Å². The molecule has 0 amide bonds. The summed E-state index contributed by atoms with van der Waals surface area (Å²) in [6.45, 7) is 3.60. The van der Waals surface area contributed by atoms with Crippen molar-refractivity contribution >= 4 is 17.7 Å². The molecule has 162 valence electrons. The van der Waals surface area contributed by atoms with Crippen molar-refractivity contribution in [3.63, 3.8) is 0 Å². The van der Waals surface area contributed by atoms with Gasteiger partial charge >= 0.3 is 5.97 Å². The molecule has 0 aliphatic heterocycles. The molecule has 0 bridgehead atoms. The summed E-state index contributed by atoms with van der Waals surface area (Å²) in [5.41, 5.74) is 3.57. The Hall–Kier alpha value is -2.66. The van der Waals surface area contributed by atoms with Crippen molar-refractivity contribution in [3.8, 4) is 22.4 Å². The standard InChI is InChI=1S/C26H30N2O2S/c1-26(2,24(29)30)17-11-3-4-12-18-31-25-27-19-22(20-13-7-5-8-14-20)23(28-25)21-15-9-6-10-16-21/h5-10,13-16,19H,3-4,11-12,17-18H2,1-2H3,(H,29,30). The smallest absolute Gasteiger partial charge is 0.309 e. The van der Waals surface area contributed by atoms with Crippen LogP contribution >= 0.6 is 11.8 Å². The van der Waals surface area contributed by atoms with Crippen LogP contribution in [0.25, 0.3) is 22.4 Å². The second kappa shape index (κ2) is 11.1. The summed E-state index contributed by atoms with van der Waals surface area (Å²) in [5.74, 6) is 0.245. The lowest BCUT2D eigenvalue weighted by atomic mass is 9.87. The topological polar surface area (TPSA) is 63.1 Å². The first-order valence-electron chi connectivity index (χ1n) is 10.8. The minimum absolute atomic E-state index is 0.628. The Morgan fingerprint density at radius 2 is 1.52 bits per heavy atom. The molecule has 0 atom stereocenters. The zero-order chi connectivity index (χ0) is 22.1. The van der Waals surface area contributed by atoms with Crippen molar-refractivity contribution < 1.29 is 9.90 Å². The van der Waals surface area contributed by atoms with Gasteiger partial charge in [-0.3, -0.25) is 4.79 Å². The van der Waals surface area contributed by atoms with Crippen LogP contribution in [0.15, 0.2) is 72.0 Å². The lowest BCUT2D eigenvalue weighted by molar-refractivity contribution is -0.147. The number of thioether (sulfide) groups is 1. The molecule has 31 heavy (non-hydrogen) atoms. The highest BCUT2D eigenvalue weighted by Crippen LogP contribution is 2.31. The molecule has 4 nitrogen and oxygen atoms in total. The lowest BCUT2D eigenvalue weighted by Gasteiger charge is -2.18. The van der Waals surface area contributed by atoms with Crippen molar-refractivity contribution in [1.82, 2.24) is 9.97 Å². The van der Waals surface area contributed by atoms with E-state index in [0.717, 1.165) is 65.4 Å². The normalized spacial score (nSPS) is 11.4. The number of hydrogen-bond donors (Lipinski definition) is 1. The third-order valence-electron chi connectivity index (χ3n) is 5.40. The first kappa shape index (κ1) is 23.0. The molecule has 0 radical (unpaired) electrons. The van der Waals surface area contributed by atoms with E-state index in [1.807, 2.05) is 42.6 Å². The van der Waals surface area contributed by atoms with Crippen LogP contribution in [-0.4, -0.2) is 26.8 Å². The Labute approximate surface area is 189 Å². The molecule has 2 aromatic carbocycles. The molecule has 1 aromatic heterocycles. The molecule has 3 aromatic rings. The van der Waals surface area contributed by atoms with Gasteiger partial charge in [0.05, 0.1) is 11.1 Å². The molecule has 3 rings (SSSR count). The zero-order valence-electron chi connectivity index (χ0n) is 18.3. The lowest BCUT2D eigenvalue weighted by Crippen LogP contribution is -2.23. The summed E-state index contributed by atoms with van der Waals surface area (Å²) in [4.78, 5) is 20.7. The van der Waals surface area contributed by atoms with E-state index in [-0.39, 0.29) is 0 Å². The van der Waals surface area contributed by atoms with Gasteiger partial charge in [0.2, 0.25) is 0 Å². The fourth-order valence-electron chi connectivity index (χ4n) is 3.37. The summed E-state index contributed by atoms with van der Waals surface area (Å²) < 4.78 is 0. The van der Waals surface area contributed by atoms with E-state index in [1.54, 1.807) is 25.6 Å². The summed E-state index contributed by atoms with van der Waals surface area (Å²) in [7, 11) is 0. The number of hydrogen-bond acceptors (Lipinski definition) is 4. The van der Waals surface area contributed by atoms with Crippen molar-refractivity contribution in [2.45, 2.75) is 51.1 Å². The van der Waals surface area contributed by atoms with Crippen LogP contribution in [0, 0.1) is 5.41 Å². The van der Waals surface area contributed by atoms with E-state index in [9.17, 15) is 9.90 Å². The Morgan fingerprint density at radius 1 is 0.903 bits per heavy atom. The van der Waals surface area contributed by atoms with Gasteiger partial charge in [-0.15, -0.1) is 0 Å². The van der Waals surface area contributed by atoms with E-state index in [2.05, 4.69) is 29.2 Å². The average molecular weight is 435 g/mol. The Morgan fingerprint density at radius 3 is 2.16 bits per heavy atom. The number of aromatic nitrogens is 2. The quantitative estimate of drug-likeness (QED) is 0.201. The minimum atomic E-state index is -0.714. The molecule has 0 saturated heterocycles. The number of aliphatic carboxylic acids is 1. The molecule has 0 fully saturated rings. The first-order chi connectivity index (χ1) is 15.0. The van der Waals surface area contributed by atoms with Crippen LogP contribution in [0.1, 0.15) is 46.0 Å². The monoisotopic (exact) mass is 434 g/mol. The number of carbonyl (C=O) groups is 1. The van der Waals surface area contributed by atoms with Gasteiger partial charge in [-0.05, 0) is 32.3 Å². The third-order valence-corrected chi connectivity index (χ3v) is 6.35. The number of rotatable bonds is 11. The van der Waals surface area contributed by atoms with Gasteiger partial charge < -0.3 is 5.11 Å². The van der Waals surface area contributed by atoms with E-state index < -0.39 is 11.4 Å². The van der Waals surface area contributed by atoms with Gasteiger partial charge in [-0.2, -0.15) is 0 Å². The number of nitrogens with zero attached hydrogens (tertiary/aromatic N) is 2. The average Bonchev–Trinajstić information content (AvgIpc) is 2.79. The van der Waals surface area contributed by atoms with Crippen LogP contribution in [0.4, 0.5) is 0 Å². The van der Waals surface area contributed by atoms with Gasteiger partial charge in [-0.1, -0.05) is 91.7 Å². The van der Waals surface area contributed by atoms with Crippen LogP contribution in [0.3, 0.4) is 0 Å².